The van der Waals surface area contributed by atoms with E-state index in [4.69, 9.17) is 16.1 Å². The van der Waals surface area contributed by atoms with Gasteiger partial charge in [0, 0.05) is 16.3 Å². The molecule has 6 nitrogen and oxygen atoms in total. The van der Waals surface area contributed by atoms with Gasteiger partial charge in [-0.1, -0.05) is 35.0 Å². The molecule has 1 unspecified atom stereocenters. The fraction of sp³-hybridized carbons (Fsp3) is 0.167. The molecule has 3 aromatic rings. The van der Waals surface area contributed by atoms with E-state index in [1.165, 1.54) is 18.2 Å². The van der Waals surface area contributed by atoms with E-state index in [0.29, 0.717) is 29.0 Å². The molecular weight excluding hydrogens is 359 g/mol. The van der Waals surface area contributed by atoms with Crippen LogP contribution >= 0.6 is 11.6 Å². The summed E-state index contributed by atoms with van der Waals surface area (Å²) in [6, 6.07) is 12.9. The molecule has 3 rings (SSSR count). The smallest absolute Gasteiger partial charge is 0.282 e. The maximum Gasteiger partial charge on any atom is 0.282 e. The normalized spacial score (nSPS) is 12.0. The molecule has 0 aliphatic carbocycles. The SMILES string of the molecule is C[NH+](CC(=O)Nc1cccc(F)c1)Cc1nc(-c2cccc(Cl)c2)no1. The predicted octanol–water partition coefficient (Wildman–Crippen LogP) is 2.18. The van der Waals surface area contributed by atoms with E-state index in [2.05, 4.69) is 15.5 Å². The van der Waals surface area contributed by atoms with Gasteiger partial charge in [-0.15, -0.1) is 0 Å². The fourth-order valence-corrected chi connectivity index (χ4v) is 2.63. The van der Waals surface area contributed by atoms with E-state index < -0.39 is 5.82 Å². The van der Waals surface area contributed by atoms with Crippen molar-refractivity contribution in [1.29, 1.82) is 0 Å². The number of nitrogens with zero attached hydrogens (tertiary/aromatic N) is 2. The highest BCUT2D eigenvalue weighted by Gasteiger charge is 2.16. The Hall–Kier alpha value is -2.77. The molecule has 0 spiro atoms. The molecule has 26 heavy (non-hydrogen) atoms. The van der Waals surface area contributed by atoms with Crippen LogP contribution in [0.25, 0.3) is 11.4 Å². The summed E-state index contributed by atoms with van der Waals surface area (Å²) < 4.78 is 18.4. The molecule has 2 aromatic carbocycles. The van der Waals surface area contributed by atoms with E-state index >= 15 is 0 Å². The van der Waals surface area contributed by atoms with Crippen LogP contribution < -0.4 is 10.2 Å². The number of halogens is 2. The minimum Gasteiger partial charge on any atom is -0.333 e. The maximum absolute atomic E-state index is 13.1. The second-order valence-electron chi connectivity index (χ2n) is 5.89. The van der Waals surface area contributed by atoms with Crippen LogP contribution in [0.1, 0.15) is 5.89 Å². The second-order valence-corrected chi connectivity index (χ2v) is 6.33. The summed E-state index contributed by atoms with van der Waals surface area (Å²) in [5, 5.41) is 7.18. The lowest BCUT2D eigenvalue weighted by molar-refractivity contribution is -0.886. The number of aromatic nitrogens is 2. The number of rotatable bonds is 6. The lowest BCUT2D eigenvalue weighted by atomic mass is 10.2. The number of anilines is 1. The highest BCUT2D eigenvalue weighted by molar-refractivity contribution is 6.30. The van der Waals surface area contributed by atoms with Gasteiger partial charge in [0.05, 0.1) is 7.05 Å². The number of quaternary nitrogens is 1. The summed E-state index contributed by atoms with van der Waals surface area (Å²) in [6.07, 6.45) is 0. The van der Waals surface area contributed by atoms with Crippen molar-refractivity contribution < 1.29 is 18.6 Å². The average molecular weight is 376 g/mol. The first kappa shape index (κ1) is 18.0. The number of benzene rings is 2. The molecule has 1 amide bonds. The number of carbonyl (C=O) groups excluding carboxylic acids is 1. The molecule has 0 fully saturated rings. The summed E-state index contributed by atoms with van der Waals surface area (Å²) in [4.78, 5) is 17.2. The van der Waals surface area contributed by atoms with Crippen LogP contribution in [0.3, 0.4) is 0 Å². The minimum atomic E-state index is -0.400. The number of carbonyl (C=O) groups is 1. The fourth-order valence-electron chi connectivity index (χ4n) is 2.44. The molecule has 8 heteroatoms. The van der Waals surface area contributed by atoms with Crippen LogP contribution in [0.15, 0.2) is 53.1 Å². The Labute approximate surface area is 154 Å². The Morgan fingerprint density at radius 1 is 1.27 bits per heavy atom. The molecule has 0 saturated carbocycles. The van der Waals surface area contributed by atoms with Gasteiger partial charge in [-0.3, -0.25) is 4.79 Å². The molecule has 1 atom stereocenters. The van der Waals surface area contributed by atoms with Crippen LogP contribution in [0.4, 0.5) is 10.1 Å². The Bertz CT molecular complexity index is 915. The first-order chi connectivity index (χ1) is 12.5. The van der Waals surface area contributed by atoms with E-state index in [-0.39, 0.29) is 12.5 Å². The van der Waals surface area contributed by atoms with Gasteiger partial charge < -0.3 is 14.7 Å². The third-order valence-electron chi connectivity index (χ3n) is 3.57. The molecule has 134 valence electrons. The van der Waals surface area contributed by atoms with Crippen LogP contribution in [0.2, 0.25) is 5.02 Å². The summed E-state index contributed by atoms with van der Waals surface area (Å²) >= 11 is 5.96. The molecular formula is C18H17ClFN4O2+. The van der Waals surface area contributed by atoms with E-state index in [1.807, 2.05) is 19.2 Å². The van der Waals surface area contributed by atoms with Crippen LogP contribution in [-0.4, -0.2) is 29.6 Å². The lowest BCUT2D eigenvalue weighted by Gasteiger charge is -2.11. The van der Waals surface area contributed by atoms with E-state index in [1.54, 1.807) is 18.2 Å². The van der Waals surface area contributed by atoms with Gasteiger partial charge >= 0.3 is 0 Å². The number of nitrogens with one attached hydrogen (secondary N) is 2. The number of amides is 1. The Morgan fingerprint density at radius 3 is 2.85 bits per heavy atom. The summed E-state index contributed by atoms with van der Waals surface area (Å²) in [5.41, 5.74) is 1.18. The first-order valence-electron chi connectivity index (χ1n) is 7.95. The van der Waals surface area contributed by atoms with Crippen LogP contribution in [-0.2, 0) is 11.3 Å². The molecule has 0 aliphatic rings. The van der Waals surface area contributed by atoms with Crippen molar-refractivity contribution in [2.75, 3.05) is 18.9 Å². The molecule has 0 aliphatic heterocycles. The van der Waals surface area contributed by atoms with Gasteiger partial charge in [-0.2, -0.15) is 4.98 Å². The summed E-state index contributed by atoms with van der Waals surface area (Å²) in [5.74, 6) is 0.223. The average Bonchev–Trinajstić information content (AvgIpc) is 3.03. The van der Waals surface area contributed by atoms with Crippen molar-refractivity contribution >= 4 is 23.2 Å². The van der Waals surface area contributed by atoms with Gasteiger partial charge in [0.25, 0.3) is 11.8 Å². The molecule has 0 bridgehead atoms. The summed E-state index contributed by atoms with van der Waals surface area (Å²) in [6.45, 7) is 0.551. The van der Waals surface area contributed by atoms with Crippen molar-refractivity contribution in [3.05, 3.63) is 65.3 Å². The van der Waals surface area contributed by atoms with Gasteiger partial charge in [0.2, 0.25) is 5.82 Å². The Balaban J connectivity index is 1.56. The number of hydrogen-bond donors (Lipinski definition) is 2. The zero-order valence-corrected chi connectivity index (χ0v) is 14.8. The van der Waals surface area contributed by atoms with Gasteiger partial charge in [0.15, 0.2) is 13.1 Å². The van der Waals surface area contributed by atoms with Crippen molar-refractivity contribution in [2.45, 2.75) is 6.54 Å². The Morgan fingerprint density at radius 2 is 2.08 bits per heavy atom. The zero-order chi connectivity index (χ0) is 18.5. The monoisotopic (exact) mass is 375 g/mol. The number of hydrogen-bond acceptors (Lipinski definition) is 4. The van der Waals surface area contributed by atoms with E-state index in [0.717, 1.165) is 10.5 Å². The first-order valence-corrected chi connectivity index (χ1v) is 8.32. The topological polar surface area (TPSA) is 72.5 Å². The highest BCUT2D eigenvalue weighted by Crippen LogP contribution is 2.19. The van der Waals surface area contributed by atoms with Crippen LogP contribution in [0.5, 0.6) is 0 Å². The second kappa shape index (κ2) is 8.07. The molecule has 1 aromatic heterocycles. The highest BCUT2D eigenvalue weighted by atomic mass is 35.5. The maximum atomic E-state index is 13.1. The van der Waals surface area contributed by atoms with Crippen molar-refractivity contribution in [1.82, 2.24) is 10.1 Å². The minimum absolute atomic E-state index is 0.172. The lowest BCUT2D eigenvalue weighted by Crippen LogP contribution is -3.08. The standard InChI is InChI=1S/C18H16ClFN4O2/c1-24(10-16(25)21-15-7-3-6-14(20)9-15)11-17-22-18(23-26-17)12-4-2-5-13(19)8-12/h2-9H,10-11H2,1H3,(H,21,25)/p+1. The third-order valence-corrected chi connectivity index (χ3v) is 3.81. The molecule has 2 N–H and O–H groups in total. The van der Waals surface area contributed by atoms with E-state index in [9.17, 15) is 9.18 Å². The summed E-state index contributed by atoms with van der Waals surface area (Å²) in [7, 11) is 1.83. The molecule has 0 saturated heterocycles. The van der Waals surface area contributed by atoms with Crippen LogP contribution in [0, 0.1) is 5.82 Å². The van der Waals surface area contributed by atoms with Crippen molar-refractivity contribution in [2.24, 2.45) is 0 Å². The zero-order valence-electron chi connectivity index (χ0n) is 14.0. The third kappa shape index (κ3) is 4.87. The van der Waals surface area contributed by atoms with Crippen molar-refractivity contribution in [3.8, 4) is 11.4 Å². The van der Waals surface area contributed by atoms with Gasteiger partial charge in [-0.25, -0.2) is 4.39 Å². The Kier molecular flexibility index (Phi) is 5.60. The largest absolute Gasteiger partial charge is 0.333 e. The molecule has 1 heterocycles. The van der Waals surface area contributed by atoms with Gasteiger partial charge in [0.1, 0.15) is 5.82 Å². The quantitative estimate of drug-likeness (QED) is 0.692. The van der Waals surface area contributed by atoms with Gasteiger partial charge in [-0.05, 0) is 30.3 Å². The van der Waals surface area contributed by atoms with Crippen molar-refractivity contribution in [3.63, 3.8) is 0 Å². The predicted molar refractivity (Wildman–Crippen MR) is 95.2 cm³/mol. The molecule has 0 radical (unpaired) electrons. The number of likely N-dealkylation sites (N-methyl/N-ethyl adjacent to an activating group) is 1.